The van der Waals surface area contributed by atoms with Crippen LogP contribution in [0.2, 0.25) is 0 Å². The number of hydrogen-bond acceptors (Lipinski definition) is 7. The van der Waals surface area contributed by atoms with Crippen molar-refractivity contribution in [1.29, 1.82) is 0 Å². The SMILES string of the molecule is C.CC1=CC(C)(C)N(C)c2cc3c(cc21)C(c1ccccc1C(=O)N1CCCCCC1)=c1cc2c(cc1O3)=[N+](C)C(C)(C)C=C2C.[O-][Cl+3]([O-])([O-])[O-]. The number of carbonyl (C=O) groups excluding carboxylic acids is 1. The van der Waals surface area contributed by atoms with Gasteiger partial charge in [0.15, 0.2) is 5.54 Å². The van der Waals surface area contributed by atoms with E-state index in [1.165, 1.54) is 35.1 Å². The number of rotatable bonds is 2. The number of anilines is 1. The van der Waals surface area contributed by atoms with Gasteiger partial charge in [-0.15, -0.1) is 10.2 Å². The average Bonchev–Trinajstić information content (AvgIpc) is 3.32. The number of likely N-dealkylation sites (N-methyl/N-ethyl adjacent to an activating group) is 2. The number of likely N-dealkylation sites (tertiary alicyclic amines) is 1. The maximum Gasteiger partial charge on any atom is 0.254 e. The maximum atomic E-state index is 14.3. The number of allylic oxidation sites excluding steroid dienone is 2. The molecule has 0 saturated carbocycles. The lowest BCUT2D eigenvalue weighted by atomic mass is 9.83. The molecule has 10 heteroatoms. The van der Waals surface area contributed by atoms with Crippen molar-refractivity contribution < 1.29 is 38.4 Å². The molecular formula is C41H50ClN3O6. The van der Waals surface area contributed by atoms with Gasteiger partial charge in [0.2, 0.25) is 5.36 Å². The zero-order chi connectivity index (χ0) is 36.3. The first kappa shape index (κ1) is 38.2. The minimum absolute atomic E-state index is 0. The van der Waals surface area contributed by atoms with E-state index in [2.05, 4.69) is 119 Å². The zero-order valence-electron chi connectivity index (χ0n) is 30.2. The average molecular weight is 716 g/mol. The van der Waals surface area contributed by atoms with Gasteiger partial charge in [0, 0.05) is 78.8 Å². The summed E-state index contributed by atoms with van der Waals surface area (Å²) < 4.78 is 43.2. The first-order chi connectivity index (χ1) is 23.4. The van der Waals surface area contributed by atoms with Crippen LogP contribution in [0.1, 0.15) is 107 Å². The molecule has 0 aliphatic carbocycles. The number of hydrogen-bond donors (Lipinski definition) is 0. The van der Waals surface area contributed by atoms with Gasteiger partial charge in [0.1, 0.15) is 18.5 Å². The molecule has 1 saturated heterocycles. The van der Waals surface area contributed by atoms with Gasteiger partial charge < -0.3 is 14.5 Å². The van der Waals surface area contributed by atoms with Crippen LogP contribution in [0.5, 0.6) is 11.5 Å². The van der Waals surface area contributed by atoms with Gasteiger partial charge in [0.25, 0.3) is 5.91 Å². The normalized spacial score (nSPS) is 18.6. The second kappa shape index (κ2) is 13.9. The predicted molar refractivity (Wildman–Crippen MR) is 192 cm³/mol. The van der Waals surface area contributed by atoms with E-state index in [-0.39, 0.29) is 24.4 Å². The highest BCUT2D eigenvalue weighted by molar-refractivity contribution is 6.02. The van der Waals surface area contributed by atoms with Crippen molar-refractivity contribution in [3.8, 4) is 11.5 Å². The summed E-state index contributed by atoms with van der Waals surface area (Å²) in [6, 6.07) is 17.2. The number of benzene rings is 3. The molecule has 1 fully saturated rings. The number of amides is 1. The quantitative estimate of drug-likeness (QED) is 0.292. The number of nitrogens with zero attached hydrogens (tertiary/aromatic N) is 3. The monoisotopic (exact) mass is 715 g/mol. The molecule has 0 atom stereocenters. The van der Waals surface area contributed by atoms with E-state index >= 15 is 0 Å². The molecule has 0 aromatic heterocycles. The van der Waals surface area contributed by atoms with Crippen LogP contribution in [0.15, 0.2) is 60.7 Å². The Labute approximate surface area is 303 Å². The molecule has 4 heterocycles. The van der Waals surface area contributed by atoms with E-state index in [4.69, 9.17) is 23.4 Å². The standard InChI is InChI=1S/C40H46N3O2.CH4.ClHO4/c1-25-23-39(3,4)41(7)33-21-35-31(19-29(25)33)37(27-15-11-12-16-28(27)38(44)43-17-13-9-10-14-18-43)32-20-30-26(2)24-40(5,6)42(8)34(30)22-36(32)45-35;;2-1(3,4)5/h11-12,15-16,19-24H,9-10,13-14,17-18H2,1-8H3;1H4;(H,2,3,4,5)/q+1;;/p-1. The molecule has 1 amide bonds. The second-order valence-corrected chi connectivity index (χ2v) is 15.7. The van der Waals surface area contributed by atoms with Gasteiger partial charge in [-0.25, -0.2) is 23.2 Å². The fourth-order valence-corrected chi connectivity index (χ4v) is 7.80. The van der Waals surface area contributed by atoms with Crippen molar-refractivity contribution in [3.05, 3.63) is 99.1 Å². The Bertz CT molecular complexity index is 2060. The van der Waals surface area contributed by atoms with Crippen LogP contribution < -0.4 is 43.4 Å². The van der Waals surface area contributed by atoms with E-state index in [0.717, 1.165) is 76.0 Å². The fourth-order valence-electron chi connectivity index (χ4n) is 7.80. The molecule has 4 aliphatic heterocycles. The summed E-state index contributed by atoms with van der Waals surface area (Å²) in [5, 5.41) is 2.19. The highest BCUT2D eigenvalue weighted by atomic mass is 35.7. The van der Waals surface area contributed by atoms with Crippen LogP contribution in [0, 0.1) is 10.2 Å². The Balaban J connectivity index is 0.000000787. The Kier molecular flexibility index (Phi) is 10.4. The Hall–Kier alpha value is -3.99. The summed E-state index contributed by atoms with van der Waals surface area (Å²) in [5.74, 6) is 1.78. The van der Waals surface area contributed by atoms with Crippen molar-refractivity contribution in [1.82, 2.24) is 9.48 Å². The molecule has 51 heavy (non-hydrogen) atoms. The van der Waals surface area contributed by atoms with Crippen LogP contribution in [-0.4, -0.2) is 49.1 Å². The van der Waals surface area contributed by atoms with E-state index < -0.39 is 10.2 Å². The second-order valence-electron chi connectivity index (χ2n) is 14.9. The Morgan fingerprint density at radius 3 is 2.06 bits per heavy atom. The molecule has 7 rings (SSSR count). The van der Waals surface area contributed by atoms with Crippen LogP contribution in [-0.2, 0) is 0 Å². The number of fused-ring (bicyclic) bond motifs is 4. The highest BCUT2D eigenvalue weighted by Crippen LogP contribution is 2.46. The summed E-state index contributed by atoms with van der Waals surface area (Å²) in [6.07, 6.45) is 9.19. The molecule has 272 valence electrons. The lowest BCUT2D eigenvalue weighted by molar-refractivity contribution is -2.00. The van der Waals surface area contributed by atoms with E-state index in [9.17, 15) is 4.79 Å². The molecule has 0 radical (unpaired) electrons. The third-order valence-corrected chi connectivity index (χ3v) is 10.7. The van der Waals surface area contributed by atoms with E-state index in [1.807, 2.05) is 12.1 Å². The highest BCUT2D eigenvalue weighted by Gasteiger charge is 2.35. The van der Waals surface area contributed by atoms with Crippen molar-refractivity contribution in [2.75, 3.05) is 32.1 Å². The van der Waals surface area contributed by atoms with Crippen LogP contribution in [0.3, 0.4) is 0 Å². The van der Waals surface area contributed by atoms with Gasteiger partial charge in [-0.1, -0.05) is 44.5 Å². The van der Waals surface area contributed by atoms with Gasteiger partial charge in [-0.3, -0.25) is 4.79 Å². The third kappa shape index (κ3) is 7.36. The lowest BCUT2D eigenvalue weighted by Crippen LogP contribution is -2.68. The minimum Gasteiger partial charge on any atom is -0.456 e. The largest absolute Gasteiger partial charge is 0.456 e. The lowest BCUT2D eigenvalue weighted by Gasteiger charge is -2.41. The smallest absolute Gasteiger partial charge is 0.254 e. The number of ether oxygens (including phenoxy) is 1. The van der Waals surface area contributed by atoms with Gasteiger partial charge in [-0.2, -0.15) is 0 Å². The third-order valence-electron chi connectivity index (χ3n) is 10.7. The predicted octanol–water partition coefficient (Wildman–Crippen LogP) is 2.88. The molecule has 0 bridgehead atoms. The molecule has 4 aliphatic rings. The minimum atomic E-state index is -4.94. The molecule has 0 unspecified atom stereocenters. The molecule has 0 N–H and O–H groups in total. The molecular weight excluding hydrogens is 666 g/mol. The van der Waals surface area contributed by atoms with Gasteiger partial charge in [-0.05, 0) is 81.5 Å². The Morgan fingerprint density at radius 1 is 0.804 bits per heavy atom. The summed E-state index contributed by atoms with van der Waals surface area (Å²) in [7, 11) is -0.624. The van der Waals surface area contributed by atoms with Crippen LogP contribution >= 0.6 is 0 Å². The first-order valence-electron chi connectivity index (χ1n) is 17.2. The number of carbonyl (C=O) groups is 1. The zero-order valence-corrected chi connectivity index (χ0v) is 30.9. The summed E-state index contributed by atoms with van der Waals surface area (Å²) in [6.45, 7) is 15.0. The summed E-state index contributed by atoms with van der Waals surface area (Å²) >= 11 is 0. The van der Waals surface area contributed by atoms with Crippen molar-refractivity contribution in [3.63, 3.8) is 0 Å². The first-order valence-corrected chi connectivity index (χ1v) is 18.4. The van der Waals surface area contributed by atoms with Crippen molar-refractivity contribution in [2.45, 2.75) is 85.7 Å². The maximum absolute atomic E-state index is 14.3. The van der Waals surface area contributed by atoms with E-state index in [1.54, 1.807) is 0 Å². The molecule has 3 aromatic rings. The van der Waals surface area contributed by atoms with Crippen LogP contribution in [0.4, 0.5) is 5.69 Å². The molecule has 9 nitrogen and oxygen atoms in total. The molecule has 3 aromatic carbocycles. The van der Waals surface area contributed by atoms with E-state index in [0.29, 0.717) is 0 Å². The Morgan fingerprint density at radius 2 is 1.41 bits per heavy atom. The van der Waals surface area contributed by atoms with Gasteiger partial charge >= 0.3 is 0 Å². The summed E-state index contributed by atoms with van der Waals surface area (Å²) in [4.78, 5) is 18.7. The van der Waals surface area contributed by atoms with Crippen molar-refractivity contribution >= 4 is 28.3 Å². The molecule has 0 spiro atoms. The number of halogens is 1. The topological polar surface area (TPSA) is 128 Å². The van der Waals surface area contributed by atoms with Crippen molar-refractivity contribution in [2.24, 2.45) is 0 Å². The summed E-state index contributed by atoms with van der Waals surface area (Å²) in [5.41, 5.74) is 9.66. The fraction of sp³-hybridized carbons (Fsp3) is 0.415. The van der Waals surface area contributed by atoms with Crippen LogP contribution in [0.25, 0.3) is 16.7 Å². The van der Waals surface area contributed by atoms with Gasteiger partial charge in [0.05, 0.1) is 11.6 Å².